The molecule has 4 heterocycles. The number of sulfonamides is 1. The molecule has 3 aromatic rings. The van der Waals surface area contributed by atoms with Crippen molar-refractivity contribution in [2.45, 2.75) is 64.6 Å². The molecule has 1 amide bonds. The first-order valence-electron chi connectivity index (χ1n) is 14.0. The maximum atomic E-state index is 14.0. The number of piperidine rings is 1. The summed E-state index contributed by atoms with van der Waals surface area (Å²) >= 11 is 0. The van der Waals surface area contributed by atoms with E-state index in [4.69, 9.17) is 9.72 Å². The van der Waals surface area contributed by atoms with Crippen LogP contribution >= 0.6 is 0 Å². The molecule has 220 valence electrons. The number of rotatable bonds is 5. The number of aryl methyl sites for hydroxylation is 1. The molecule has 1 atom stereocenters. The number of nitrogens with zero attached hydrogens (tertiary/aromatic N) is 5. The summed E-state index contributed by atoms with van der Waals surface area (Å²) in [6.45, 7) is 9.17. The number of hydrogen-bond acceptors (Lipinski definition) is 8. The first-order valence-corrected chi connectivity index (χ1v) is 15.8. The van der Waals surface area contributed by atoms with Crippen molar-refractivity contribution >= 4 is 33.1 Å². The van der Waals surface area contributed by atoms with E-state index in [1.165, 1.54) is 10.6 Å². The molecular formula is C29H38N6O5S. The monoisotopic (exact) mass is 582 g/mol. The molecule has 1 aromatic carbocycles. The van der Waals surface area contributed by atoms with Crippen LogP contribution in [0.5, 0.6) is 0 Å². The Kier molecular flexibility index (Phi) is 7.82. The predicted molar refractivity (Wildman–Crippen MR) is 158 cm³/mol. The van der Waals surface area contributed by atoms with Gasteiger partial charge in [0, 0.05) is 49.4 Å². The number of anilines is 1. The Balaban J connectivity index is 1.46. The molecule has 11 nitrogen and oxygen atoms in total. The molecule has 2 aliphatic rings. The molecule has 2 saturated heterocycles. The first kappa shape index (κ1) is 29.0. The van der Waals surface area contributed by atoms with Gasteiger partial charge in [0.2, 0.25) is 16.0 Å². The Bertz CT molecular complexity index is 1620. The van der Waals surface area contributed by atoms with Gasteiger partial charge in [-0.3, -0.25) is 9.36 Å². The molecule has 0 radical (unpaired) electrons. The molecule has 2 aliphatic heterocycles. The van der Waals surface area contributed by atoms with Gasteiger partial charge in [0.25, 0.3) is 5.56 Å². The van der Waals surface area contributed by atoms with Crippen molar-refractivity contribution in [3.63, 3.8) is 0 Å². The van der Waals surface area contributed by atoms with Gasteiger partial charge in [0.1, 0.15) is 11.2 Å². The number of nitrogens with one attached hydrogen (secondary N) is 1. The van der Waals surface area contributed by atoms with Crippen molar-refractivity contribution < 1.29 is 17.9 Å². The lowest BCUT2D eigenvalue weighted by Crippen LogP contribution is -2.44. The number of benzene rings is 1. The van der Waals surface area contributed by atoms with Crippen LogP contribution in [0.15, 0.2) is 41.3 Å². The van der Waals surface area contributed by atoms with Crippen LogP contribution in [0.25, 0.3) is 22.2 Å². The van der Waals surface area contributed by atoms with E-state index in [0.29, 0.717) is 61.4 Å². The number of ether oxygens (including phenoxy) is 1. The minimum absolute atomic E-state index is 0.0461. The highest BCUT2D eigenvalue weighted by molar-refractivity contribution is 7.88. The molecule has 1 N–H and O–H groups in total. The zero-order chi connectivity index (χ0) is 29.5. The molecule has 41 heavy (non-hydrogen) atoms. The highest BCUT2D eigenvalue weighted by Gasteiger charge is 2.32. The quantitative estimate of drug-likeness (QED) is 0.482. The lowest BCUT2D eigenvalue weighted by atomic mass is 10.0. The van der Waals surface area contributed by atoms with E-state index in [9.17, 15) is 18.0 Å². The fraction of sp³-hybridized carbons (Fsp3) is 0.517. The highest BCUT2D eigenvalue weighted by Crippen LogP contribution is 2.29. The third-order valence-electron chi connectivity index (χ3n) is 7.65. The van der Waals surface area contributed by atoms with Crippen LogP contribution in [0.1, 0.15) is 51.6 Å². The molecule has 2 aromatic heterocycles. The van der Waals surface area contributed by atoms with Gasteiger partial charge >= 0.3 is 6.09 Å². The number of carbonyl (C=O) groups is 1. The molecular weight excluding hydrogens is 544 g/mol. The molecule has 0 spiro atoms. The molecule has 0 aliphatic carbocycles. The van der Waals surface area contributed by atoms with Crippen molar-refractivity contribution in [3.8, 4) is 11.1 Å². The van der Waals surface area contributed by atoms with E-state index in [-0.39, 0.29) is 30.3 Å². The smallest absolute Gasteiger partial charge is 0.410 e. The van der Waals surface area contributed by atoms with E-state index in [1.807, 2.05) is 58.0 Å². The second kappa shape index (κ2) is 11.1. The molecule has 5 rings (SSSR count). The number of pyridine rings is 1. The highest BCUT2D eigenvalue weighted by atomic mass is 32.2. The largest absolute Gasteiger partial charge is 0.444 e. The van der Waals surface area contributed by atoms with E-state index in [2.05, 4.69) is 10.3 Å². The van der Waals surface area contributed by atoms with E-state index in [0.717, 1.165) is 11.1 Å². The average molecular weight is 583 g/mol. The number of amides is 1. The molecule has 12 heteroatoms. The van der Waals surface area contributed by atoms with Gasteiger partial charge in [-0.05, 0) is 64.2 Å². The van der Waals surface area contributed by atoms with Gasteiger partial charge in [-0.25, -0.2) is 22.5 Å². The van der Waals surface area contributed by atoms with Crippen molar-refractivity contribution in [1.29, 1.82) is 0 Å². The Labute approximate surface area is 240 Å². The zero-order valence-corrected chi connectivity index (χ0v) is 25.1. The summed E-state index contributed by atoms with van der Waals surface area (Å²) in [7, 11) is -3.39. The molecule has 0 unspecified atom stereocenters. The van der Waals surface area contributed by atoms with Gasteiger partial charge < -0.3 is 15.0 Å². The SMILES string of the molecule is Cc1ccccc1-c1cc2cnc(NC3CCN(C(=O)OC(C)(C)C)CC3)nc2n([C@H]2CCN(S(C)(=O)=O)C2)c1=O. The summed E-state index contributed by atoms with van der Waals surface area (Å²) in [6, 6.07) is 9.21. The van der Waals surface area contributed by atoms with Crippen LogP contribution < -0.4 is 10.9 Å². The Morgan fingerprint density at radius 2 is 1.78 bits per heavy atom. The summed E-state index contributed by atoms with van der Waals surface area (Å²) in [5.74, 6) is 0.392. The Morgan fingerprint density at radius 3 is 2.41 bits per heavy atom. The van der Waals surface area contributed by atoms with Gasteiger partial charge in [0.15, 0.2) is 0 Å². The number of likely N-dealkylation sites (tertiary alicyclic amines) is 1. The third-order valence-corrected chi connectivity index (χ3v) is 8.92. The van der Waals surface area contributed by atoms with Gasteiger partial charge in [-0.15, -0.1) is 0 Å². The van der Waals surface area contributed by atoms with E-state index >= 15 is 0 Å². The maximum absolute atomic E-state index is 14.0. The minimum atomic E-state index is -3.39. The number of carbonyl (C=O) groups excluding carboxylic acids is 1. The van der Waals surface area contributed by atoms with Gasteiger partial charge in [-0.1, -0.05) is 24.3 Å². The van der Waals surface area contributed by atoms with Gasteiger partial charge in [0.05, 0.1) is 12.3 Å². The lowest BCUT2D eigenvalue weighted by Gasteiger charge is -2.33. The maximum Gasteiger partial charge on any atom is 0.410 e. The topological polar surface area (TPSA) is 127 Å². The second-order valence-electron chi connectivity index (χ2n) is 12.0. The van der Waals surface area contributed by atoms with Crippen molar-refractivity contribution in [1.82, 2.24) is 23.7 Å². The normalized spacial score (nSPS) is 19.0. The van der Waals surface area contributed by atoms with Gasteiger partial charge in [-0.2, -0.15) is 4.98 Å². The summed E-state index contributed by atoms with van der Waals surface area (Å²) in [5, 5.41) is 4.08. The molecule has 0 saturated carbocycles. The van der Waals surface area contributed by atoms with Crippen molar-refractivity contribution in [2.24, 2.45) is 0 Å². The summed E-state index contributed by atoms with van der Waals surface area (Å²) in [4.78, 5) is 37.5. The van der Waals surface area contributed by atoms with Crippen molar-refractivity contribution in [2.75, 3.05) is 37.8 Å². The summed E-state index contributed by atoms with van der Waals surface area (Å²) in [5.41, 5.74) is 2.05. The average Bonchev–Trinajstić information content (AvgIpc) is 3.39. The summed E-state index contributed by atoms with van der Waals surface area (Å²) < 4.78 is 33.1. The number of aromatic nitrogens is 3. The number of hydrogen-bond donors (Lipinski definition) is 1. The third kappa shape index (κ3) is 6.38. The van der Waals surface area contributed by atoms with Crippen LogP contribution in [0, 0.1) is 6.92 Å². The molecule has 2 fully saturated rings. The van der Waals surface area contributed by atoms with E-state index < -0.39 is 15.6 Å². The van der Waals surface area contributed by atoms with Crippen LogP contribution in [0.4, 0.5) is 10.7 Å². The zero-order valence-electron chi connectivity index (χ0n) is 24.3. The van der Waals surface area contributed by atoms with E-state index in [1.54, 1.807) is 15.7 Å². The Morgan fingerprint density at radius 1 is 1.07 bits per heavy atom. The predicted octanol–water partition coefficient (Wildman–Crippen LogP) is 3.78. The van der Waals surface area contributed by atoms with Crippen LogP contribution in [-0.4, -0.2) is 82.3 Å². The fourth-order valence-corrected chi connectivity index (χ4v) is 6.41. The second-order valence-corrected chi connectivity index (χ2v) is 14.0. The molecule has 0 bridgehead atoms. The first-order chi connectivity index (χ1) is 19.3. The lowest BCUT2D eigenvalue weighted by molar-refractivity contribution is 0.0210. The summed E-state index contributed by atoms with van der Waals surface area (Å²) in [6.07, 6.45) is 4.50. The fourth-order valence-electron chi connectivity index (χ4n) is 5.53. The van der Waals surface area contributed by atoms with Crippen LogP contribution in [0.3, 0.4) is 0 Å². The van der Waals surface area contributed by atoms with Crippen molar-refractivity contribution in [3.05, 3.63) is 52.4 Å². The standard InChI is InChI=1S/C29H38N6O5S/c1-19-8-6-7-9-23(19)24-16-20-17-30-27(31-21-10-13-33(14-11-21)28(37)40-29(2,3)4)32-25(20)35(26(24)36)22-12-15-34(18-22)41(5,38)39/h6-9,16-17,21-22H,10-15,18H2,1-5H3,(H,30,31,32)/t22-/m0/s1. The number of fused-ring (bicyclic) bond motifs is 1. The Hall–Kier alpha value is -3.51. The van der Waals surface area contributed by atoms with Crippen LogP contribution in [-0.2, 0) is 14.8 Å². The van der Waals surface area contributed by atoms with Crippen LogP contribution in [0.2, 0.25) is 0 Å². The minimum Gasteiger partial charge on any atom is -0.444 e.